The maximum Gasteiger partial charge on any atom is 0.156 e. The molecule has 2 nitrogen and oxygen atoms in total. The molecule has 2 heteroatoms. The lowest BCUT2D eigenvalue weighted by Crippen LogP contribution is -1.98. The summed E-state index contributed by atoms with van der Waals surface area (Å²) >= 11 is 0. The fourth-order valence-electron chi connectivity index (χ4n) is 3.81. The van der Waals surface area contributed by atoms with Gasteiger partial charge in [-0.2, -0.15) is 0 Å². The molecule has 0 amide bonds. The van der Waals surface area contributed by atoms with Crippen molar-refractivity contribution in [1.29, 1.82) is 0 Å². The average Bonchev–Trinajstić information content (AvgIpc) is 2.84. The molecule has 0 aromatic heterocycles. The Morgan fingerprint density at radius 1 is 0.531 bits per heavy atom. The Morgan fingerprint density at radius 3 is 1.19 bits per heavy atom. The normalized spacial score (nSPS) is 11.1. The van der Waals surface area contributed by atoms with Crippen molar-refractivity contribution >= 4 is 22.7 Å². The first kappa shape index (κ1) is 21.1. The summed E-state index contributed by atoms with van der Waals surface area (Å²) in [7, 11) is 0. The van der Waals surface area contributed by atoms with Gasteiger partial charge in [-0.15, -0.1) is 0 Å². The molecule has 4 rings (SSSR count). The Labute approximate surface area is 188 Å². The van der Waals surface area contributed by atoms with Gasteiger partial charge in [0.05, 0.1) is 0 Å². The third kappa shape index (κ3) is 4.76. The van der Waals surface area contributed by atoms with Gasteiger partial charge in [0.2, 0.25) is 0 Å². The highest BCUT2D eigenvalue weighted by Gasteiger charge is 2.16. The molecule has 1 N–H and O–H groups in total. The number of hydrogen-bond donors (Lipinski definition) is 1. The van der Waals surface area contributed by atoms with E-state index in [-0.39, 0.29) is 11.5 Å². The Balaban J connectivity index is 1.98. The zero-order chi connectivity index (χ0) is 22.3. The van der Waals surface area contributed by atoms with Gasteiger partial charge in [-0.05, 0) is 40.3 Å². The van der Waals surface area contributed by atoms with E-state index in [2.05, 4.69) is 60.7 Å². The van der Waals surface area contributed by atoms with Crippen molar-refractivity contribution in [2.45, 2.75) is 6.92 Å². The minimum Gasteiger partial charge on any atom is -0.507 e. The van der Waals surface area contributed by atoms with Crippen LogP contribution in [0.4, 0.5) is 0 Å². The van der Waals surface area contributed by atoms with Crippen LogP contribution in [0.5, 0.6) is 0 Å². The lowest BCUT2D eigenvalue weighted by molar-refractivity contribution is -0.112. The summed E-state index contributed by atoms with van der Waals surface area (Å²) in [4.78, 5) is 11.3. The Morgan fingerprint density at radius 2 is 0.844 bits per heavy atom. The monoisotopic (exact) mass is 416 g/mol. The highest BCUT2D eigenvalue weighted by atomic mass is 16.3. The highest BCUT2D eigenvalue weighted by Crippen LogP contribution is 2.37. The standard InChI is InChI=1S/C30H24O2/c1-22(31)21-28(32)23-17-19-27(20-18-23)30(26-15-9-4-10-16-26)29(24-11-5-2-6-12-24)25-13-7-3-8-14-25/h2-21,32H,1H3. The smallest absolute Gasteiger partial charge is 0.156 e. The van der Waals surface area contributed by atoms with E-state index in [4.69, 9.17) is 0 Å². The summed E-state index contributed by atoms with van der Waals surface area (Å²) in [6.45, 7) is 1.42. The molecule has 0 bridgehead atoms. The topological polar surface area (TPSA) is 37.3 Å². The molecule has 0 heterocycles. The van der Waals surface area contributed by atoms with Gasteiger partial charge in [0.1, 0.15) is 5.76 Å². The van der Waals surface area contributed by atoms with Crippen molar-refractivity contribution in [1.82, 2.24) is 0 Å². The van der Waals surface area contributed by atoms with E-state index in [1.807, 2.05) is 54.6 Å². The number of hydrogen-bond acceptors (Lipinski definition) is 2. The van der Waals surface area contributed by atoms with Gasteiger partial charge >= 0.3 is 0 Å². The van der Waals surface area contributed by atoms with E-state index in [0.717, 1.165) is 33.4 Å². The number of aliphatic hydroxyl groups excluding tert-OH is 1. The first-order chi connectivity index (χ1) is 15.6. The molecule has 0 saturated carbocycles. The van der Waals surface area contributed by atoms with Gasteiger partial charge in [-0.3, -0.25) is 4.79 Å². The zero-order valence-electron chi connectivity index (χ0n) is 17.9. The number of rotatable bonds is 6. The average molecular weight is 417 g/mol. The second-order valence-electron chi connectivity index (χ2n) is 7.57. The zero-order valence-corrected chi connectivity index (χ0v) is 17.9. The van der Waals surface area contributed by atoms with Crippen LogP contribution in [-0.2, 0) is 4.79 Å². The maximum absolute atomic E-state index is 11.3. The van der Waals surface area contributed by atoms with Crippen LogP contribution >= 0.6 is 0 Å². The number of benzene rings is 4. The Kier molecular flexibility index (Phi) is 6.43. The van der Waals surface area contributed by atoms with Crippen molar-refractivity contribution in [3.63, 3.8) is 0 Å². The molecule has 32 heavy (non-hydrogen) atoms. The molecule has 0 aliphatic rings. The van der Waals surface area contributed by atoms with Gasteiger partial charge in [0.25, 0.3) is 0 Å². The number of carbonyl (C=O) groups is 1. The van der Waals surface area contributed by atoms with Crippen LogP contribution in [0.25, 0.3) is 16.9 Å². The van der Waals surface area contributed by atoms with Crippen LogP contribution in [0.2, 0.25) is 0 Å². The van der Waals surface area contributed by atoms with E-state index in [0.29, 0.717) is 5.56 Å². The number of ketones is 1. The second-order valence-corrected chi connectivity index (χ2v) is 7.57. The molecule has 0 saturated heterocycles. The minimum absolute atomic E-state index is 0.0272. The molecule has 156 valence electrons. The highest BCUT2D eigenvalue weighted by molar-refractivity contribution is 6.04. The fraction of sp³-hybridized carbons (Fsp3) is 0.0333. The van der Waals surface area contributed by atoms with Crippen molar-refractivity contribution in [2.24, 2.45) is 0 Å². The van der Waals surface area contributed by atoms with Crippen LogP contribution in [0.3, 0.4) is 0 Å². The third-order valence-corrected chi connectivity index (χ3v) is 5.25. The van der Waals surface area contributed by atoms with E-state index in [9.17, 15) is 9.90 Å². The number of aliphatic hydroxyl groups is 1. The Bertz CT molecular complexity index is 1210. The van der Waals surface area contributed by atoms with E-state index >= 15 is 0 Å². The van der Waals surface area contributed by atoms with Crippen molar-refractivity contribution < 1.29 is 9.90 Å². The predicted octanol–water partition coefficient (Wildman–Crippen LogP) is 7.18. The van der Waals surface area contributed by atoms with Gasteiger partial charge < -0.3 is 5.11 Å². The number of allylic oxidation sites excluding steroid dienone is 1. The molecular formula is C30H24O2. The first-order valence-electron chi connectivity index (χ1n) is 10.6. The molecular weight excluding hydrogens is 392 g/mol. The molecule has 0 spiro atoms. The third-order valence-electron chi connectivity index (χ3n) is 5.25. The summed E-state index contributed by atoms with van der Waals surface area (Å²) in [6, 6.07) is 38.8. The molecule has 4 aromatic rings. The summed E-state index contributed by atoms with van der Waals surface area (Å²) in [5.74, 6) is -0.215. The second kappa shape index (κ2) is 9.76. The predicted molar refractivity (Wildman–Crippen MR) is 132 cm³/mol. The molecule has 0 aliphatic carbocycles. The van der Waals surface area contributed by atoms with E-state index in [1.165, 1.54) is 13.0 Å². The molecule has 0 aliphatic heterocycles. The molecule has 4 aromatic carbocycles. The SMILES string of the molecule is CC(=O)C=C(O)c1ccc(C(=C(c2ccccc2)c2ccccc2)c2ccccc2)cc1. The molecule has 0 fully saturated rings. The van der Waals surface area contributed by atoms with Crippen LogP contribution in [0, 0.1) is 0 Å². The Hall–Kier alpha value is -4.17. The van der Waals surface area contributed by atoms with Crippen molar-refractivity contribution in [3.05, 3.63) is 149 Å². The van der Waals surface area contributed by atoms with Crippen molar-refractivity contribution in [3.8, 4) is 0 Å². The minimum atomic E-state index is -0.188. The maximum atomic E-state index is 11.3. The van der Waals surface area contributed by atoms with E-state index in [1.54, 1.807) is 0 Å². The van der Waals surface area contributed by atoms with Crippen LogP contribution in [0.15, 0.2) is 121 Å². The number of carbonyl (C=O) groups excluding carboxylic acids is 1. The quantitative estimate of drug-likeness (QED) is 0.205. The first-order valence-corrected chi connectivity index (χ1v) is 10.6. The van der Waals surface area contributed by atoms with E-state index < -0.39 is 0 Å². The fourth-order valence-corrected chi connectivity index (χ4v) is 3.81. The van der Waals surface area contributed by atoms with Crippen LogP contribution < -0.4 is 0 Å². The van der Waals surface area contributed by atoms with Gasteiger partial charge in [0.15, 0.2) is 5.78 Å². The largest absolute Gasteiger partial charge is 0.507 e. The summed E-state index contributed by atoms with van der Waals surface area (Å²) in [6.07, 6.45) is 1.24. The van der Waals surface area contributed by atoms with Gasteiger partial charge in [-0.1, -0.05) is 115 Å². The summed E-state index contributed by atoms with van der Waals surface area (Å²) in [5.41, 5.74) is 7.22. The van der Waals surface area contributed by atoms with Crippen LogP contribution in [-0.4, -0.2) is 10.9 Å². The lowest BCUT2D eigenvalue weighted by Gasteiger charge is -2.18. The lowest BCUT2D eigenvalue weighted by atomic mass is 9.85. The summed E-state index contributed by atoms with van der Waals surface area (Å²) in [5, 5.41) is 10.2. The molecule has 0 radical (unpaired) electrons. The molecule has 0 unspecified atom stereocenters. The van der Waals surface area contributed by atoms with Crippen molar-refractivity contribution in [2.75, 3.05) is 0 Å². The molecule has 0 atom stereocenters. The van der Waals surface area contributed by atoms with Gasteiger partial charge in [-0.25, -0.2) is 0 Å². The van der Waals surface area contributed by atoms with Crippen LogP contribution in [0.1, 0.15) is 34.7 Å². The summed E-state index contributed by atoms with van der Waals surface area (Å²) < 4.78 is 0. The van der Waals surface area contributed by atoms with Gasteiger partial charge in [0, 0.05) is 11.6 Å².